The van der Waals surface area contributed by atoms with Crippen molar-refractivity contribution in [2.75, 3.05) is 5.32 Å². The molecular formula is C20H21NO4. The van der Waals surface area contributed by atoms with Crippen molar-refractivity contribution >= 4 is 23.3 Å². The van der Waals surface area contributed by atoms with Crippen LogP contribution in [0.3, 0.4) is 0 Å². The lowest BCUT2D eigenvalue weighted by Crippen LogP contribution is -2.30. The monoisotopic (exact) mass is 339 g/mol. The number of carbonyl (C=O) groups is 3. The van der Waals surface area contributed by atoms with E-state index in [2.05, 4.69) is 5.32 Å². The minimum absolute atomic E-state index is 0.0921. The van der Waals surface area contributed by atoms with E-state index in [4.69, 9.17) is 4.74 Å². The largest absolute Gasteiger partial charge is 0.449 e. The molecule has 1 atom stereocenters. The predicted molar refractivity (Wildman–Crippen MR) is 95.9 cm³/mol. The van der Waals surface area contributed by atoms with Crippen LogP contribution >= 0.6 is 0 Å². The highest BCUT2D eigenvalue weighted by Gasteiger charge is 2.20. The van der Waals surface area contributed by atoms with Gasteiger partial charge in [-0.1, -0.05) is 29.8 Å². The molecule has 1 amide bonds. The Morgan fingerprint density at radius 1 is 1.04 bits per heavy atom. The second kappa shape index (κ2) is 7.75. The van der Waals surface area contributed by atoms with Gasteiger partial charge in [-0.3, -0.25) is 9.59 Å². The number of benzene rings is 2. The van der Waals surface area contributed by atoms with Crippen molar-refractivity contribution in [3.05, 3.63) is 64.7 Å². The van der Waals surface area contributed by atoms with E-state index in [1.165, 1.54) is 13.8 Å². The number of hydrogen-bond acceptors (Lipinski definition) is 4. The molecule has 0 aromatic heterocycles. The number of aryl methyl sites for hydroxylation is 2. The molecule has 0 bridgehead atoms. The fourth-order valence-corrected chi connectivity index (χ4v) is 2.29. The van der Waals surface area contributed by atoms with E-state index in [0.717, 1.165) is 11.1 Å². The zero-order valence-electron chi connectivity index (χ0n) is 14.8. The van der Waals surface area contributed by atoms with Gasteiger partial charge in [-0.05, 0) is 51.5 Å². The summed E-state index contributed by atoms with van der Waals surface area (Å²) in [4.78, 5) is 35.9. The first-order valence-corrected chi connectivity index (χ1v) is 7.98. The Morgan fingerprint density at radius 3 is 2.44 bits per heavy atom. The third-order valence-electron chi connectivity index (χ3n) is 3.80. The van der Waals surface area contributed by atoms with E-state index in [9.17, 15) is 14.4 Å². The van der Waals surface area contributed by atoms with Crippen LogP contribution in [-0.4, -0.2) is 23.8 Å². The second-order valence-corrected chi connectivity index (χ2v) is 5.99. The molecule has 2 aromatic carbocycles. The highest BCUT2D eigenvalue weighted by atomic mass is 16.5. The summed E-state index contributed by atoms with van der Waals surface area (Å²) in [6, 6.07) is 12.1. The Balaban J connectivity index is 2.05. The van der Waals surface area contributed by atoms with E-state index < -0.39 is 18.0 Å². The summed E-state index contributed by atoms with van der Waals surface area (Å²) in [5.74, 6) is -1.09. The Morgan fingerprint density at radius 2 is 1.76 bits per heavy atom. The molecule has 25 heavy (non-hydrogen) atoms. The summed E-state index contributed by atoms with van der Waals surface area (Å²) in [6.07, 6.45) is -0.964. The topological polar surface area (TPSA) is 72.5 Å². The SMILES string of the molecule is CC(=O)c1cccc(NC(=O)[C@@H](C)OC(=O)c2cc(C)ccc2C)c1. The summed E-state index contributed by atoms with van der Waals surface area (Å²) in [5.41, 5.74) is 3.15. The molecule has 5 nitrogen and oxygen atoms in total. The zero-order valence-corrected chi connectivity index (χ0v) is 14.8. The first-order valence-electron chi connectivity index (χ1n) is 7.98. The van der Waals surface area contributed by atoms with Crippen molar-refractivity contribution < 1.29 is 19.1 Å². The van der Waals surface area contributed by atoms with Gasteiger partial charge >= 0.3 is 5.97 Å². The molecule has 0 aliphatic heterocycles. The number of ketones is 1. The smallest absolute Gasteiger partial charge is 0.339 e. The predicted octanol–water partition coefficient (Wildman–Crippen LogP) is 3.69. The number of esters is 1. The van der Waals surface area contributed by atoms with Gasteiger partial charge < -0.3 is 10.1 Å². The van der Waals surface area contributed by atoms with Crippen molar-refractivity contribution in [2.24, 2.45) is 0 Å². The fraction of sp³-hybridized carbons (Fsp3) is 0.250. The van der Waals surface area contributed by atoms with E-state index in [1.807, 2.05) is 26.0 Å². The maximum absolute atomic E-state index is 12.3. The minimum atomic E-state index is -0.964. The molecule has 0 unspecified atom stereocenters. The first kappa shape index (κ1) is 18.4. The summed E-state index contributed by atoms with van der Waals surface area (Å²) in [7, 11) is 0. The van der Waals surface area contributed by atoms with Crippen LogP contribution in [0.2, 0.25) is 0 Å². The average Bonchev–Trinajstić information content (AvgIpc) is 2.57. The molecule has 1 N–H and O–H groups in total. The summed E-state index contributed by atoms with van der Waals surface area (Å²) >= 11 is 0. The summed E-state index contributed by atoms with van der Waals surface area (Å²) in [6.45, 7) is 6.66. The first-order chi connectivity index (χ1) is 11.8. The highest BCUT2D eigenvalue weighted by Crippen LogP contribution is 2.15. The number of carbonyl (C=O) groups excluding carboxylic acids is 3. The molecule has 130 valence electrons. The standard InChI is InChI=1S/C20H21NO4/c1-12-8-9-13(2)18(10-12)20(24)25-15(4)19(23)21-17-7-5-6-16(11-17)14(3)22/h5-11,15H,1-4H3,(H,21,23)/t15-/m1/s1. The van der Waals surface area contributed by atoms with Crippen LogP contribution in [0.25, 0.3) is 0 Å². The second-order valence-electron chi connectivity index (χ2n) is 5.99. The fourth-order valence-electron chi connectivity index (χ4n) is 2.29. The lowest BCUT2D eigenvalue weighted by molar-refractivity contribution is -0.123. The Hall–Kier alpha value is -2.95. The van der Waals surface area contributed by atoms with Crippen LogP contribution in [-0.2, 0) is 9.53 Å². The summed E-state index contributed by atoms with van der Waals surface area (Å²) < 4.78 is 5.27. The van der Waals surface area contributed by atoms with Gasteiger partial charge in [-0.15, -0.1) is 0 Å². The lowest BCUT2D eigenvalue weighted by atomic mass is 10.1. The van der Waals surface area contributed by atoms with Crippen molar-refractivity contribution in [1.29, 1.82) is 0 Å². The number of amides is 1. The van der Waals surface area contributed by atoms with Gasteiger partial charge in [0.1, 0.15) is 0 Å². The number of ether oxygens (including phenoxy) is 1. The molecule has 0 saturated carbocycles. The number of anilines is 1. The van der Waals surface area contributed by atoms with E-state index >= 15 is 0 Å². The number of nitrogens with one attached hydrogen (secondary N) is 1. The van der Waals surface area contributed by atoms with Crippen LogP contribution in [0.5, 0.6) is 0 Å². The van der Waals surface area contributed by atoms with Crippen LogP contribution in [0, 0.1) is 13.8 Å². The van der Waals surface area contributed by atoms with Crippen molar-refractivity contribution in [1.82, 2.24) is 0 Å². The average molecular weight is 339 g/mol. The molecule has 0 aliphatic carbocycles. The van der Waals surface area contributed by atoms with E-state index in [1.54, 1.807) is 30.3 Å². The summed E-state index contributed by atoms with van der Waals surface area (Å²) in [5, 5.41) is 2.65. The zero-order chi connectivity index (χ0) is 18.6. The quantitative estimate of drug-likeness (QED) is 0.666. The van der Waals surface area contributed by atoms with Crippen LogP contribution in [0.4, 0.5) is 5.69 Å². The van der Waals surface area contributed by atoms with Crippen LogP contribution in [0.15, 0.2) is 42.5 Å². The Labute approximate surface area is 147 Å². The molecule has 0 saturated heterocycles. The molecular weight excluding hydrogens is 318 g/mol. The number of Topliss-reactive ketones (excluding diaryl/α,β-unsaturated/α-hetero) is 1. The molecule has 0 heterocycles. The van der Waals surface area contributed by atoms with Gasteiger partial charge in [-0.2, -0.15) is 0 Å². The third-order valence-corrected chi connectivity index (χ3v) is 3.80. The molecule has 5 heteroatoms. The normalized spacial score (nSPS) is 11.5. The van der Waals surface area contributed by atoms with Crippen molar-refractivity contribution in [3.8, 4) is 0 Å². The molecule has 2 rings (SSSR count). The molecule has 0 spiro atoms. The van der Waals surface area contributed by atoms with Gasteiger partial charge in [0.05, 0.1) is 5.56 Å². The van der Waals surface area contributed by atoms with Crippen LogP contribution in [0.1, 0.15) is 45.7 Å². The maximum Gasteiger partial charge on any atom is 0.339 e. The number of rotatable bonds is 5. The van der Waals surface area contributed by atoms with E-state index in [-0.39, 0.29) is 5.78 Å². The van der Waals surface area contributed by atoms with Crippen molar-refractivity contribution in [2.45, 2.75) is 33.8 Å². The third kappa shape index (κ3) is 4.76. The molecule has 0 radical (unpaired) electrons. The van der Waals surface area contributed by atoms with Gasteiger partial charge in [0.25, 0.3) is 5.91 Å². The van der Waals surface area contributed by atoms with Gasteiger partial charge in [0.2, 0.25) is 0 Å². The van der Waals surface area contributed by atoms with Gasteiger partial charge in [-0.25, -0.2) is 4.79 Å². The molecule has 0 fully saturated rings. The minimum Gasteiger partial charge on any atom is -0.449 e. The maximum atomic E-state index is 12.3. The highest BCUT2D eigenvalue weighted by molar-refractivity contribution is 5.99. The van der Waals surface area contributed by atoms with Crippen molar-refractivity contribution in [3.63, 3.8) is 0 Å². The Kier molecular flexibility index (Phi) is 5.70. The van der Waals surface area contributed by atoms with E-state index in [0.29, 0.717) is 16.8 Å². The van der Waals surface area contributed by atoms with Gasteiger partial charge in [0, 0.05) is 11.3 Å². The Bertz CT molecular complexity index is 826. The molecule has 2 aromatic rings. The lowest BCUT2D eigenvalue weighted by Gasteiger charge is -2.15. The van der Waals surface area contributed by atoms with Crippen LogP contribution < -0.4 is 5.32 Å². The molecule has 0 aliphatic rings. The van der Waals surface area contributed by atoms with Gasteiger partial charge in [0.15, 0.2) is 11.9 Å². The number of hydrogen-bond donors (Lipinski definition) is 1.